The number of aryl methyl sites for hydroxylation is 1. The monoisotopic (exact) mass is 559 g/mol. The minimum Gasteiger partial charge on any atom is -0.461 e. The van der Waals surface area contributed by atoms with Gasteiger partial charge in [0.25, 0.3) is 0 Å². The first kappa shape index (κ1) is 25.5. The number of anilines is 1. The number of rotatable bonds is 5. The van der Waals surface area contributed by atoms with Crippen molar-refractivity contribution >= 4 is 64.2 Å². The van der Waals surface area contributed by atoms with Gasteiger partial charge in [0.05, 0.1) is 35.8 Å². The van der Waals surface area contributed by atoms with E-state index in [-0.39, 0.29) is 31.3 Å². The van der Waals surface area contributed by atoms with Gasteiger partial charge in [-0.25, -0.2) is 9.78 Å². The van der Waals surface area contributed by atoms with Crippen molar-refractivity contribution in [2.24, 2.45) is 0 Å². The van der Waals surface area contributed by atoms with Crippen molar-refractivity contribution in [3.63, 3.8) is 0 Å². The van der Waals surface area contributed by atoms with Crippen LogP contribution in [-0.2, 0) is 9.53 Å². The van der Waals surface area contributed by atoms with Crippen molar-refractivity contribution in [3.8, 4) is 0 Å². The van der Waals surface area contributed by atoms with Crippen LogP contribution >= 0.6 is 35.8 Å². The van der Waals surface area contributed by atoms with Gasteiger partial charge in [0, 0.05) is 34.6 Å². The molecule has 9 nitrogen and oxygen atoms in total. The van der Waals surface area contributed by atoms with Gasteiger partial charge in [0.2, 0.25) is 0 Å². The average molecular weight is 560 g/mol. The highest BCUT2D eigenvalue weighted by atomic mass is 35.5. The van der Waals surface area contributed by atoms with Crippen LogP contribution in [-0.4, -0.2) is 46.4 Å². The Balaban J connectivity index is 0.00000280. The number of H-pyrrole nitrogens is 2. The number of halogens is 2. The van der Waals surface area contributed by atoms with Crippen molar-refractivity contribution < 1.29 is 18.7 Å². The van der Waals surface area contributed by atoms with Gasteiger partial charge < -0.3 is 29.8 Å². The summed E-state index contributed by atoms with van der Waals surface area (Å²) in [6.07, 6.45) is 1.74. The van der Waals surface area contributed by atoms with Gasteiger partial charge in [0.1, 0.15) is 11.5 Å². The van der Waals surface area contributed by atoms with E-state index in [1.54, 1.807) is 13.1 Å². The van der Waals surface area contributed by atoms with E-state index in [1.165, 1.54) is 11.8 Å². The number of hydrogen-bond acceptors (Lipinski definition) is 8. The number of fused-ring (bicyclic) bond motifs is 2. The van der Waals surface area contributed by atoms with Crippen LogP contribution in [0, 0.1) is 6.92 Å². The van der Waals surface area contributed by atoms with E-state index in [2.05, 4.69) is 25.6 Å². The number of imidazole rings is 1. The standard InChI is InChI=1S/C25H22ClN5O4S.ClH/c1-3-34-24(33)23-22-12(8-28-23)20(21-16(29-22)9-27-10-17(21)32)18-4-5-19(35-18)36-25-30-14-6-11(2)13(26)7-15(14)31-25;/h4-8,20,27-29H,3,9-10H2,1-2H3,(H,30,31);1H. The lowest BCUT2D eigenvalue weighted by atomic mass is 9.82. The molecule has 12 heteroatoms. The maximum Gasteiger partial charge on any atom is 0.356 e. The van der Waals surface area contributed by atoms with E-state index < -0.39 is 11.9 Å². The van der Waals surface area contributed by atoms with Gasteiger partial charge in [0.15, 0.2) is 16.0 Å². The summed E-state index contributed by atoms with van der Waals surface area (Å²) >= 11 is 7.59. The zero-order chi connectivity index (χ0) is 25.0. The normalized spacial score (nSPS) is 16.7. The van der Waals surface area contributed by atoms with Crippen molar-refractivity contribution in [1.29, 1.82) is 0 Å². The molecule has 6 rings (SSSR count). The highest BCUT2D eigenvalue weighted by Gasteiger charge is 2.39. The zero-order valence-electron chi connectivity index (χ0n) is 19.9. The molecule has 4 aromatic rings. The number of Topliss-reactive ketones (excluding diaryl/α,β-unsaturated/α-hetero) is 1. The molecule has 0 saturated carbocycles. The van der Waals surface area contributed by atoms with Gasteiger partial charge in [-0.1, -0.05) is 11.6 Å². The lowest BCUT2D eigenvalue weighted by molar-refractivity contribution is -0.115. The number of benzene rings is 1. The summed E-state index contributed by atoms with van der Waals surface area (Å²) in [6, 6.07) is 7.52. The van der Waals surface area contributed by atoms with Crippen molar-refractivity contribution in [3.05, 3.63) is 69.3 Å². The third-order valence-corrected chi connectivity index (χ3v) is 7.52. The molecule has 3 aromatic heterocycles. The van der Waals surface area contributed by atoms with Crippen LogP contribution in [0.3, 0.4) is 0 Å². The highest BCUT2D eigenvalue weighted by molar-refractivity contribution is 7.99. The van der Waals surface area contributed by atoms with Crippen molar-refractivity contribution in [1.82, 2.24) is 20.3 Å². The molecule has 0 aliphatic carbocycles. The Morgan fingerprint density at radius 3 is 2.95 bits per heavy atom. The molecule has 2 aliphatic rings. The van der Waals surface area contributed by atoms with Gasteiger partial charge in [-0.05, 0) is 55.4 Å². The van der Waals surface area contributed by atoms with Crippen LogP contribution in [0.1, 0.15) is 40.2 Å². The van der Waals surface area contributed by atoms with Crippen LogP contribution in [0.5, 0.6) is 0 Å². The highest BCUT2D eigenvalue weighted by Crippen LogP contribution is 2.45. The fourth-order valence-corrected chi connectivity index (χ4v) is 5.61. The number of esters is 1. The minimum atomic E-state index is -0.461. The molecule has 0 spiro atoms. The molecular formula is C25H23Cl2N5O4S. The largest absolute Gasteiger partial charge is 0.461 e. The molecular weight excluding hydrogens is 537 g/mol. The number of ketones is 1. The third-order valence-electron chi connectivity index (χ3n) is 6.30. The summed E-state index contributed by atoms with van der Waals surface area (Å²) < 4.78 is 11.5. The van der Waals surface area contributed by atoms with Crippen LogP contribution in [0.15, 0.2) is 56.4 Å². The Hall–Kier alpha value is -3.18. The first-order chi connectivity index (χ1) is 17.4. The SMILES string of the molecule is CCOC(=O)c1[nH]cc2c1NC1=C(C(=O)CNC1)C2c1ccc(Sc2nc3cc(Cl)c(C)cc3[nH]2)o1.Cl. The van der Waals surface area contributed by atoms with Gasteiger partial charge in [-0.15, -0.1) is 12.4 Å². The summed E-state index contributed by atoms with van der Waals surface area (Å²) in [6.45, 7) is 4.68. The van der Waals surface area contributed by atoms with E-state index >= 15 is 0 Å². The fraction of sp³-hybridized carbons (Fsp3) is 0.240. The molecule has 0 radical (unpaired) electrons. The quantitative estimate of drug-likeness (QED) is 0.246. The number of hydrogen-bond donors (Lipinski definition) is 4. The predicted molar refractivity (Wildman–Crippen MR) is 143 cm³/mol. The number of furan rings is 1. The topological polar surface area (TPSA) is 125 Å². The number of aromatic amines is 2. The average Bonchev–Trinajstić information content (AvgIpc) is 3.57. The maximum atomic E-state index is 13.0. The number of nitrogens with one attached hydrogen (secondary N) is 4. The van der Waals surface area contributed by atoms with Crippen LogP contribution in [0.4, 0.5) is 5.69 Å². The Morgan fingerprint density at radius 1 is 1.30 bits per heavy atom. The van der Waals surface area contributed by atoms with E-state index in [9.17, 15) is 9.59 Å². The second-order valence-corrected chi connectivity index (χ2v) is 10.0. The second-order valence-electron chi connectivity index (χ2n) is 8.61. The minimum absolute atomic E-state index is 0. The van der Waals surface area contributed by atoms with Gasteiger partial charge in [-0.2, -0.15) is 0 Å². The molecule has 0 bridgehead atoms. The lowest BCUT2D eigenvalue weighted by Crippen LogP contribution is -2.39. The lowest BCUT2D eigenvalue weighted by Gasteiger charge is -2.31. The number of aromatic nitrogens is 3. The predicted octanol–water partition coefficient (Wildman–Crippen LogP) is 5.18. The van der Waals surface area contributed by atoms with E-state index in [0.717, 1.165) is 27.9 Å². The zero-order valence-corrected chi connectivity index (χ0v) is 22.2. The van der Waals surface area contributed by atoms with E-state index in [0.29, 0.717) is 44.5 Å². The van der Waals surface area contributed by atoms with Gasteiger partial charge in [-0.3, -0.25) is 4.79 Å². The Kier molecular flexibility index (Phi) is 6.84. The fourth-order valence-electron chi connectivity index (χ4n) is 4.68. The molecule has 192 valence electrons. The van der Waals surface area contributed by atoms with Crippen LogP contribution in [0.25, 0.3) is 11.0 Å². The number of ether oxygens (including phenoxy) is 1. The molecule has 1 atom stereocenters. The van der Waals surface area contributed by atoms with Gasteiger partial charge >= 0.3 is 5.97 Å². The smallest absolute Gasteiger partial charge is 0.356 e. The molecule has 2 aliphatic heterocycles. The molecule has 37 heavy (non-hydrogen) atoms. The summed E-state index contributed by atoms with van der Waals surface area (Å²) in [5.74, 6) is -0.336. The van der Waals surface area contributed by atoms with Crippen LogP contribution in [0.2, 0.25) is 5.02 Å². The Morgan fingerprint density at radius 2 is 2.14 bits per heavy atom. The summed E-state index contributed by atoms with van der Waals surface area (Å²) in [4.78, 5) is 36.4. The van der Waals surface area contributed by atoms with E-state index in [4.69, 9.17) is 20.8 Å². The third kappa shape index (κ3) is 4.44. The van der Waals surface area contributed by atoms with Crippen LogP contribution < -0.4 is 10.6 Å². The summed E-state index contributed by atoms with van der Waals surface area (Å²) in [5.41, 5.74) is 5.67. The molecule has 0 fully saturated rings. The molecule has 0 saturated heterocycles. The Labute approximate surface area is 227 Å². The van der Waals surface area contributed by atoms with E-state index in [1.807, 2.05) is 31.2 Å². The first-order valence-corrected chi connectivity index (χ1v) is 12.7. The number of carbonyl (C=O) groups is 2. The summed E-state index contributed by atoms with van der Waals surface area (Å²) in [5, 5.41) is 8.34. The van der Waals surface area contributed by atoms with Crippen molar-refractivity contribution in [2.75, 3.05) is 25.0 Å². The Bertz CT molecular complexity index is 1530. The second kappa shape index (κ2) is 9.94. The maximum absolute atomic E-state index is 13.0. The molecule has 1 unspecified atom stereocenters. The molecule has 1 aromatic carbocycles. The first-order valence-electron chi connectivity index (χ1n) is 11.5. The number of carbonyl (C=O) groups excluding carboxylic acids is 2. The molecule has 5 heterocycles. The molecule has 4 N–H and O–H groups in total. The van der Waals surface area contributed by atoms with Crippen molar-refractivity contribution in [2.45, 2.75) is 30.0 Å². The number of nitrogens with zero attached hydrogens (tertiary/aromatic N) is 1. The summed E-state index contributed by atoms with van der Waals surface area (Å²) in [7, 11) is 0. The molecule has 0 amide bonds.